The predicted molar refractivity (Wildman–Crippen MR) is 122 cm³/mol. The van der Waals surface area contributed by atoms with Crippen molar-refractivity contribution in [2.24, 2.45) is 0 Å². The summed E-state index contributed by atoms with van der Waals surface area (Å²) in [5.41, 5.74) is 3.67. The quantitative estimate of drug-likeness (QED) is 0.351. The summed E-state index contributed by atoms with van der Waals surface area (Å²) in [5, 5.41) is 11.3. The number of aliphatic hydroxyl groups is 1. The molecule has 0 aliphatic carbocycles. The minimum absolute atomic E-state index is 0.00299. The van der Waals surface area contributed by atoms with Crippen LogP contribution in [0.15, 0.2) is 58.5 Å². The maximum Gasteiger partial charge on any atom is 0.300 e. The molecule has 1 unspecified atom stereocenters. The van der Waals surface area contributed by atoms with Gasteiger partial charge in [0.25, 0.3) is 11.7 Å². The molecule has 164 valence electrons. The third-order valence-electron chi connectivity index (χ3n) is 5.65. The molecule has 1 saturated heterocycles. The number of hydrogen-bond donors (Lipinski definition) is 1. The number of methoxy groups -OCH3 is 1. The van der Waals surface area contributed by atoms with E-state index in [2.05, 4.69) is 0 Å². The van der Waals surface area contributed by atoms with E-state index in [0.717, 1.165) is 11.1 Å². The van der Waals surface area contributed by atoms with Crippen molar-refractivity contribution in [1.29, 1.82) is 0 Å². The van der Waals surface area contributed by atoms with Crippen LogP contribution >= 0.6 is 0 Å². The summed E-state index contributed by atoms with van der Waals surface area (Å²) in [4.78, 5) is 27.9. The van der Waals surface area contributed by atoms with Gasteiger partial charge in [0.1, 0.15) is 29.1 Å². The second kappa shape index (κ2) is 8.04. The Bertz CT molecular complexity index is 1250. The summed E-state index contributed by atoms with van der Waals surface area (Å²) in [6.07, 6.45) is 0. The zero-order chi connectivity index (χ0) is 23.2. The molecule has 1 N–H and O–H groups in total. The van der Waals surface area contributed by atoms with Crippen LogP contribution in [0.5, 0.6) is 5.75 Å². The van der Waals surface area contributed by atoms with Crippen LogP contribution in [-0.2, 0) is 9.59 Å². The van der Waals surface area contributed by atoms with Crippen LogP contribution in [0.3, 0.4) is 0 Å². The number of aliphatic hydroxyl groups excluding tert-OH is 1. The van der Waals surface area contributed by atoms with Crippen LogP contribution < -0.4 is 9.64 Å². The molecule has 1 aliphatic heterocycles. The molecule has 1 aromatic heterocycles. The minimum Gasteiger partial charge on any atom is -0.507 e. The van der Waals surface area contributed by atoms with E-state index >= 15 is 0 Å². The number of ether oxygens (including phenoxy) is 1. The number of carbonyl (C=O) groups excluding carboxylic acids is 2. The van der Waals surface area contributed by atoms with Gasteiger partial charge in [0.05, 0.1) is 12.7 Å². The van der Waals surface area contributed by atoms with Gasteiger partial charge < -0.3 is 14.3 Å². The molecule has 6 nitrogen and oxygen atoms in total. The molecule has 4 rings (SSSR count). The first-order chi connectivity index (χ1) is 15.2. The van der Waals surface area contributed by atoms with Gasteiger partial charge in [-0.25, -0.2) is 0 Å². The van der Waals surface area contributed by atoms with Crippen molar-refractivity contribution in [2.75, 3.05) is 12.0 Å². The Morgan fingerprint density at radius 3 is 2.22 bits per heavy atom. The lowest BCUT2D eigenvalue weighted by Gasteiger charge is -2.24. The highest BCUT2D eigenvalue weighted by atomic mass is 16.5. The van der Waals surface area contributed by atoms with Gasteiger partial charge in [0, 0.05) is 11.3 Å². The fourth-order valence-electron chi connectivity index (χ4n) is 4.23. The summed E-state index contributed by atoms with van der Waals surface area (Å²) in [5.74, 6) is -0.0136. The standard InChI is InChI=1S/C26H25NO5/c1-14-10-15(2)12-18(11-14)27-23(21-9-6-17(4)32-21)22(25(29)26(27)30)24(28)20-8-7-19(31-5)13-16(20)3/h6-13,23,28H,1-5H3/b24-22-. The summed E-state index contributed by atoms with van der Waals surface area (Å²) < 4.78 is 11.1. The summed E-state index contributed by atoms with van der Waals surface area (Å²) >= 11 is 0. The number of anilines is 1. The smallest absolute Gasteiger partial charge is 0.300 e. The first kappa shape index (κ1) is 21.4. The van der Waals surface area contributed by atoms with Crippen molar-refractivity contribution < 1.29 is 23.8 Å². The number of ketones is 1. The second-order valence-electron chi connectivity index (χ2n) is 8.14. The van der Waals surface area contributed by atoms with E-state index < -0.39 is 17.7 Å². The molecule has 0 radical (unpaired) electrons. The third-order valence-corrected chi connectivity index (χ3v) is 5.65. The summed E-state index contributed by atoms with van der Waals surface area (Å²) in [7, 11) is 1.56. The lowest BCUT2D eigenvalue weighted by molar-refractivity contribution is -0.132. The normalized spacial score (nSPS) is 17.8. The molecule has 1 aliphatic rings. The van der Waals surface area contributed by atoms with E-state index in [9.17, 15) is 14.7 Å². The van der Waals surface area contributed by atoms with Crippen LogP contribution in [0.4, 0.5) is 5.69 Å². The number of amides is 1. The highest BCUT2D eigenvalue weighted by Crippen LogP contribution is 2.43. The highest BCUT2D eigenvalue weighted by Gasteiger charge is 2.48. The monoisotopic (exact) mass is 431 g/mol. The number of rotatable bonds is 4. The number of Topliss-reactive ketones (excluding diaryl/α,β-unsaturated/α-hetero) is 1. The molecule has 32 heavy (non-hydrogen) atoms. The predicted octanol–water partition coefficient (Wildman–Crippen LogP) is 5.15. The van der Waals surface area contributed by atoms with E-state index in [0.29, 0.717) is 34.1 Å². The maximum atomic E-state index is 13.2. The van der Waals surface area contributed by atoms with E-state index in [-0.39, 0.29) is 11.3 Å². The van der Waals surface area contributed by atoms with Crippen molar-refractivity contribution in [3.8, 4) is 5.75 Å². The number of benzene rings is 2. The number of hydrogen-bond acceptors (Lipinski definition) is 5. The number of carbonyl (C=O) groups is 2. The van der Waals surface area contributed by atoms with Crippen LogP contribution in [0.1, 0.15) is 39.8 Å². The van der Waals surface area contributed by atoms with Gasteiger partial charge in [0.15, 0.2) is 0 Å². The van der Waals surface area contributed by atoms with Gasteiger partial charge in [0.2, 0.25) is 0 Å². The average molecular weight is 431 g/mol. The molecule has 6 heteroatoms. The Morgan fingerprint density at radius 2 is 1.66 bits per heavy atom. The zero-order valence-electron chi connectivity index (χ0n) is 18.7. The molecule has 1 amide bonds. The number of aryl methyl sites for hydroxylation is 4. The lowest BCUT2D eigenvalue weighted by Crippen LogP contribution is -2.29. The molecule has 2 heterocycles. The third kappa shape index (κ3) is 3.58. The second-order valence-corrected chi connectivity index (χ2v) is 8.14. The minimum atomic E-state index is -0.883. The Hall–Kier alpha value is -3.80. The summed E-state index contributed by atoms with van der Waals surface area (Å²) in [6, 6.07) is 13.5. The molecule has 0 spiro atoms. The van der Waals surface area contributed by atoms with E-state index in [4.69, 9.17) is 9.15 Å². The average Bonchev–Trinajstić information content (AvgIpc) is 3.27. The van der Waals surface area contributed by atoms with E-state index in [1.54, 1.807) is 44.4 Å². The van der Waals surface area contributed by atoms with Crippen LogP contribution in [-0.4, -0.2) is 23.9 Å². The Balaban J connectivity index is 1.96. The first-order valence-electron chi connectivity index (χ1n) is 10.3. The molecule has 0 bridgehead atoms. The van der Waals surface area contributed by atoms with Gasteiger partial charge in [-0.1, -0.05) is 6.07 Å². The molecule has 1 fully saturated rings. The molecule has 2 aromatic carbocycles. The van der Waals surface area contributed by atoms with Crippen LogP contribution in [0, 0.1) is 27.7 Å². The Morgan fingerprint density at radius 1 is 0.969 bits per heavy atom. The molecule has 3 aromatic rings. The highest BCUT2D eigenvalue weighted by molar-refractivity contribution is 6.51. The van der Waals surface area contributed by atoms with Gasteiger partial charge in [-0.2, -0.15) is 0 Å². The maximum absolute atomic E-state index is 13.2. The van der Waals surface area contributed by atoms with Gasteiger partial charge in [-0.15, -0.1) is 0 Å². The largest absolute Gasteiger partial charge is 0.507 e. The lowest BCUT2D eigenvalue weighted by atomic mass is 9.96. The van der Waals surface area contributed by atoms with Crippen molar-refractivity contribution >= 4 is 23.1 Å². The van der Waals surface area contributed by atoms with Crippen molar-refractivity contribution in [2.45, 2.75) is 33.7 Å². The number of nitrogens with zero attached hydrogens (tertiary/aromatic N) is 1. The van der Waals surface area contributed by atoms with Crippen LogP contribution in [0.2, 0.25) is 0 Å². The fraction of sp³-hybridized carbons (Fsp3) is 0.231. The van der Waals surface area contributed by atoms with Crippen LogP contribution in [0.25, 0.3) is 5.76 Å². The fourth-order valence-corrected chi connectivity index (χ4v) is 4.23. The first-order valence-corrected chi connectivity index (χ1v) is 10.3. The molecular weight excluding hydrogens is 406 g/mol. The van der Waals surface area contributed by atoms with Crippen molar-refractivity contribution in [3.63, 3.8) is 0 Å². The van der Waals surface area contributed by atoms with Crippen molar-refractivity contribution in [1.82, 2.24) is 0 Å². The summed E-state index contributed by atoms with van der Waals surface area (Å²) in [6.45, 7) is 7.46. The SMILES string of the molecule is COc1ccc(/C(O)=C2/C(=O)C(=O)N(c3cc(C)cc(C)c3)C2c2ccc(C)o2)c(C)c1. The Kier molecular flexibility index (Phi) is 5.38. The van der Waals surface area contributed by atoms with Gasteiger partial charge in [-0.3, -0.25) is 14.5 Å². The van der Waals surface area contributed by atoms with E-state index in [1.165, 1.54) is 4.90 Å². The molecule has 1 atom stereocenters. The van der Waals surface area contributed by atoms with E-state index in [1.807, 2.05) is 39.0 Å². The molecule has 0 saturated carbocycles. The van der Waals surface area contributed by atoms with Gasteiger partial charge in [-0.05, 0) is 86.8 Å². The topological polar surface area (TPSA) is 80.0 Å². The zero-order valence-corrected chi connectivity index (χ0v) is 18.7. The van der Waals surface area contributed by atoms with Crippen molar-refractivity contribution in [3.05, 3.63) is 87.9 Å². The van der Waals surface area contributed by atoms with Gasteiger partial charge >= 0.3 is 0 Å². The Labute approximate surface area is 186 Å². The molecular formula is C26H25NO5. The number of furan rings is 1.